The number of hydrogen-bond donors (Lipinski definition) is 3. The molecule has 1 aromatic rings. The van der Waals surface area contributed by atoms with Crippen LogP contribution in [0.2, 0.25) is 5.02 Å². The van der Waals surface area contributed by atoms with E-state index in [1.54, 1.807) is 0 Å². The summed E-state index contributed by atoms with van der Waals surface area (Å²) in [5, 5.41) is 25.4. The van der Waals surface area contributed by atoms with Gasteiger partial charge in [-0.15, -0.1) is 0 Å². The van der Waals surface area contributed by atoms with E-state index in [0.717, 1.165) is 25.0 Å². The number of phenols is 1. The maximum absolute atomic E-state index is 13.6. The van der Waals surface area contributed by atoms with E-state index < -0.39 is 5.82 Å². The molecule has 0 spiro atoms. The number of oxime groups is 1. The molecule has 5 nitrogen and oxygen atoms in total. The van der Waals surface area contributed by atoms with Crippen LogP contribution in [-0.2, 0) is 0 Å². The van der Waals surface area contributed by atoms with Gasteiger partial charge in [0.15, 0.2) is 0 Å². The second kappa shape index (κ2) is 5.88. The van der Waals surface area contributed by atoms with Crippen LogP contribution in [-0.4, -0.2) is 21.7 Å². The van der Waals surface area contributed by atoms with Crippen LogP contribution in [0.25, 0.3) is 0 Å². The molecule has 1 aliphatic carbocycles. The third-order valence-electron chi connectivity index (χ3n) is 2.88. The zero-order valence-corrected chi connectivity index (χ0v) is 10.8. The summed E-state index contributed by atoms with van der Waals surface area (Å²) in [4.78, 5) is 0. The summed E-state index contributed by atoms with van der Waals surface area (Å²) >= 11 is 5.57. The predicted molar refractivity (Wildman–Crippen MR) is 71.8 cm³/mol. The molecular weight excluding hydrogens is 273 g/mol. The van der Waals surface area contributed by atoms with Crippen LogP contribution in [0.1, 0.15) is 25.7 Å². The lowest BCUT2D eigenvalue weighted by atomic mass is 9.96. The van der Waals surface area contributed by atoms with Gasteiger partial charge in [0.1, 0.15) is 17.3 Å². The molecule has 0 atom stereocenters. The molecule has 0 saturated heterocycles. The van der Waals surface area contributed by atoms with Crippen molar-refractivity contribution in [1.82, 2.24) is 0 Å². The Labute approximate surface area is 114 Å². The highest BCUT2D eigenvalue weighted by molar-refractivity contribution is 6.42. The van der Waals surface area contributed by atoms with Crippen LogP contribution < -0.4 is 5.43 Å². The van der Waals surface area contributed by atoms with Crippen molar-refractivity contribution < 1.29 is 14.7 Å². The summed E-state index contributed by atoms with van der Waals surface area (Å²) in [6.07, 6.45) is 3.18. The number of nitrogens with zero attached hydrogens (tertiary/aromatic N) is 2. The van der Waals surface area contributed by atoms with Crippen LogP contribution in [0.3, 0.4) is 0 Å². The first kappa shape index (κ1) is 13.6. The number of benzene rings is 1. The number of halogens is 2. The predicted octanol–water partition coefficient (Wildman–Crippen LogP) is 3.36. The van der Waals surface area contributed by atoms with Gasteiger partial charge >= 0.3 is 0 Å². The third kappa shape index (κ3) is 3.14. The van der Waals surface area contributed by atoms with Gasteiger partial charge in [0.25, 0.3) is 0 Å². The first-order valence-electron chi connectivity index (χ1n) is 5.83. The number of phenolic OH excluding ortho intramolecular Hbond substituents is 1. The van der Waals surface area contributed by atoms with Gasteiger partial charge in [-0.25, -0.2) is 4.39 Å². The van der Waals surface area contributed by atoms with Crippen LogP contribution in [0, 0.1) is 5.82 Å². The molecule has 2 rings (SSSR count). The first-order valence-corrected chi connectivity index (χ1v) is 6.21. The number of nitrogens with one attached hydrogen (secondary N) is 1. The number of hydrogen-bond acceptors (Lipinski definition) is 5. The Morgan fingerprint density at radius 2 is 1.89 bits per heavy atom. The SMILES string of the molecule is O/N=C1\CCCC\C1=N\Nc1cc(O)c(Cl)cc1F. The molecule has 0 aliphatic heterocycles. The zero-order chi connectivity index (χ0) is 13.8. The number of aromatic hydroxyl groups is 1. The van der Waals surface area contributed by atoms with Gasteiger partial charge in [0.05, 0.1) is 16.4 Å². The quantitative estimate of drug-likeness (QED) is 0.576. The molecule has 3 N–H and O–H groups in total. The fourth-order valence-corrected chi connectivity index (χ4v) is 2.00. The van der Waals surface area contributed by atoms with Gasteiger partial charge in [0, 0.05) is 6.07 Å². The van der Waals surface area contributed by atoms with Gasteiger partial charge in [0.2, 0.25) is 0 Å². The van der Waals surface area contributed by atoms with Crippen molar-refractivity contribution in [3.05, 3.63) is 23.0 Å². The number of rotatable bonds is 2. The monoisotopic (exact) mass is 285 g/mol. The smallest absolute Gasteiger partial charge is 0.149 e. The first-order chi connectivity index (χ1) is 9.11. The van der Waals surface area contributed by atoms with E-state index in [0.29, 0.717) is 24.3 Å². The molecule has 1 aromatic carbocycles. The Kier molecular flexibility index (Phi) is 4.21. The molecule has 7 heteroatoms. The van der Waals surface area contributed by atoms with Crippen molar-refractivity contribution in [1.29, 1.82) is 0 Å². The summed E-state index contributed by atoms with van der Waals surface area (Å²) in [6, 6.07) is 2.15. The van der Waals surface area contributed by atoms with Crippen molar-refractivity contribution in [2.75, 3.05) is 5.43 Å². The second-order valence-corrected chi connectivity index (χ2v) is 4.61. The maximum Gasteiger partial charge on any atom is 0.149 e. The van der Waals surface area contributed by atoms with E-state index in [1.165, 1.54) is 0 Å². The Hall–Kier alpha value is -1.82. The number of hydrazone groups is 1. The van der Waals surface area contributed by atoms with Crippen LogP contribution in [0.5, 0.6) is 5.75 Å². The minimum atomic E-state index is -0.620. The van der Waals surface area contributed by atoms with Crippen molar-refractivity contribution in [3.8, 4) is 5.75 Å². The van der Waals surface area contributed by atoms with Gasteiger partial charge in [-0.3, -0.25) is 5.43 Å². The normalized spacial score (nSPS) is 19.9. The zero-order valence-electron chi connectivity index (χ0n) is 10.0. The Morgan fingerprint density at radius 1 is 1.21 bits per heavy atom. The van der Waals surface area contributed by atoms with Crippen molar-refractivity contribution in [2.45, 2.75) is 25.7 Å². The van der Waals surface area contributed by atoms with E-state index in [4.69, 9.17) is 16.8 Å². The minimum absolute atomic E-state index is 0.0114. The van der Waals surface area contributed by atoms with Crippen molar-refractivity contribution in [2.24, 2.45) is 10.3 Å². The molecule has 0 bridgehead atoms. The average molecular weight is 286 g/mol. The van der Waals surface area contributed by atoms with Gasteiger partial charge in [-0.05, 0) is 31.7 Å². The van der Waals surface area contributed by atoms with Crippen LogP contribution >= 0.6 is 11.6 Å². The highest BCUT2D eigenvalue weighted by Gasteiger charge is 2.16. The lowest BCUT2D eigenvalue weighted by Crippen LogP contribution is -2.20. The molecule has 0 heterocycles. The van der Waals surface area contributed by atoms with Crippen LogP contribution in [0.4, 0.5) is 10.1 Å². The lowest BCUT2D eigenvalue weighted by molar-refractivity contribution is 0.318. The molecule has 0 radical (unpaired) electrons. The third-order valence-corrected chi connectivity index (χ3v) is 3.18. The molecular formula is C12H13ClFN3O2. The largest absolute Gasteiger partial charge is 0.506 e. The van der Waals surface area contributed by atoms with Crippen molar-refractivity contribution >= 4 is 28.7 Å². The van der Waals surface area contributed by atoms with Crippen molar-refractivity contribution in [3.63, 3.8) is 0 Å². The molecule has 0 amide bonds. The second-order valence-electron chi connectivity index (χ2n) is 4.21. The minimum Gasteiger partial charge on any atom is -0.506 e. The molecule has 19 heavy (non-hydrogen) atoms. The van der Waals surface area contributed by atoms with Gasteiger partial charge in [-0.1, -0.05) is 16.8 Å². The highest BCUT2D eigenvalue weighted by atomic mass is 35.5. The van der Waals surface area contributed by atoms with E-state index in [1.807, 2.05) is 0 Å². The fraction of sp³-hybridized carbons (Fsp3) is 0.333. The topological polar surface area (TPSA) is 77.2 Å². The Bertz CT molecular complexity index is 546. The van der Waals surface area contributed by atoms with Crippen LogP contribution in [0.15, 0.2) is 22.4 Å². The summed E-state index contributed by atoms with van der Waals surface area (Å²) < 4.78 is 13.6. The standard InChI is InChI=1S/C12H13ClFN3O2/c13-7-5-8(14)11(6-12(7)18)16-15-9-3-1-2-4-10(9)17-19/h5-6,16,18-19H,1-4H2/b15-9-,17-10+. The molecule has 1 aliphatic rings. The molecule has 0 aromatic heterocycles. The molecule has 102 valence electrons. The summed E-state index contributed by atoms with van der Waals surface area (Å²) in [6.45, 7) is 0. The van der Waals surface area contributed by atoms with Gasteiger partial charge in [-0.2, -0.15) is 5.10 Å². The Balaban J connectivity index is 2.19. The summed E-state index contributed by atoms with van der Waals surface area (Å²) in [5.74, 6) is -0.851. The summed E-state index contributed by atoms with van der Waals surface area (Å²) in [7, 11) is 0. The van der Waals surface area contributed by atoms with E-state index in [9.17, 15) is 9.50 Å². The summed E-state index contributed by atoms with van der Waals surface area (Å²) in [5.41, 5.74) is 3.61. The van der Waals surface area contributed by atoms with E-state index in [2.05, 4.69) is 15.7 Å². The molecule has 1 fully saturated rings. The lowest BCUT2D eigenvalue weighted by Gasteiger charge is -2.14. The fourth-order valence-electron chi connectivity index (χ4n) is 1.85. The van der Waals surface area contributed by atoms with E-state index in [-0.39, 0.29) is 16.5 Å². The molecule has 0 unspecified atom stereocenters. The highest BCUT2D eigenvalue weighted by Crippen LogP contribution is 2.29. The van der Waals surface area contributed by atoms with E-state index >= 15 is 0 Å². The maximum atomic E-state index is 13.6. The average Bonchev–Trinajstić information content (AvgIpc) is 2.41. The van der Waals surface area contributed by atoms with Gasteiger partial charge < -0.3 is 10.3 Å². The molecule has 1 saturated carbocycles. The Morgan fingerprint density at radius 3 is 2.58 bits per heavy atom. The number of anilines is 1.